The number of nitrogens with zero attached hydrogens (tertiary/aromatic N) is 3. The van der Waals surface area contributed by atoms with E-state index >= 15 is 0 Å². The van der Waals surface area contributed by atoms with Crippen molar-refractivity contribution in [3.05, 3.63) is 75.7 Å². The van der Waals surface area contributed by atoms with Crippen molar-refractivity contribution in [3.8, 4) is 11.4 Å². The van der Waals surface area contributed by atoms with Gasteiger partial charge >= 0.3 is 18.0 Å². The molecule has 1 saturated carbocycles. The van der Waals surface area contributed by atoms with Crippen LogP contribution in [-0.4, -0.2) is 26.8 Å². The molecule has 1 aliphatic carbocycles. The van der Waals surface area contributed by atoms with Crippen LogP contribution in [0.25, 0.3) is 11.4 Å². The van der Waals surface area contributed by atoms with Crippen LogP contribution in [-0.2, 0) is 18.9 Å². The summed E-state index contributed by atoms with van der Waals surface area (Å²) in [5, 5.41) is 6.69. The van der Waals surface area contributed by atoms with Crippen molar-refractivity contribution < 1.29 is 31.1 Å². The SMILES string of the molecule is O=C(NCCn1nc(-c2cccc(C(F)(F)F)c2)n(C2CC2)c1=O)c1ccc(C(F)(F)F)cc1. The molecule has 12 heteroatoms. The molecule has 0 atom stereocenters. The molecule has 0 aliphatic heterocycles. The Bertz CT molecular complexity index is 1250. The van der Waals surface area contributed by atoms with Gasteiger partial charge in [0.25, 0.3) is 5.91 Å². The normalized spacial score (nSPS) is 14.3. The van der Waals surface area contributed by atoms with Crippen molar-refractivity contribution >= 4 is 5.91 Å². The number of hydrogen-bond acceptors (Lipinski definition) is 3. The van der Waals surface area contributed by atoms with E-state index in [4.69, 9.17) is 0 Å². The lowest BCUT2D eigenvalue weighted by molar-refractivity contribution is -0.138. The third-order valence-corrected chi connectivity index (χ3v) is 5.31. The predicted octanol–water partition coefficient (Wildman–Crippen LogP) is 4.51. The van der Waals surface area contributed by atoms with E-state index in [1.54, 1.807) is 0 Å². The minimum atomic E-state index is -4.55. The zero-order chi connectivity index (χ0) is 24.7. The Morgan fingerprint density at radius 2 is 1.62 bits per heavy atom. The van der Waals surface area contributed by atoms with E-state index in [9.17, 15) is 35.9 Å². The molecule has 0 spiro atoms. The second-order valence-electron chi connectivity index (χ2n) is 7.84. The van der Waals surface area contributed by atoms with Crippen LogP contribution in [0.3, 0.4) is 0 Å². The van der Waals surface area contributed by atoms with E-state index in [1.807, 2.05) is 0 Å². The summed E-state index contributed by atoms with van der Waals surface area (Å²) < 4.78 is 79.7. The number of aromatic nitrogens is 3. The van der Waals surface area contributed by atoms with Crippen LogP contribution in [0.2, 0.25) is 0 Å². The number of alkyl halides is 6. The summed E-state index contributed by atoms with van der Waals surface area (Å²) in [6.07, 6.45) is -7.68. The maximum Gasteiger partial charge on any atom is 0.416 e. The maximum absolute atomic E-state index is 13.1. The molecule has 0 saturated heterocycles. The Hall–Kier alpha value is -3.57. The molecule has 1 aliphatic rings. The zero-order valence-electron chi connectivity index (χ0n) is 17.5. The average molecular weight is 484 g/mol. The minimum absolute atomic E-state index is 0.00788. The van der Waals surface area contributed by atoms with Crippen LogP contribution < -0.4 is 11.0 Å². The zero-order valence-corrected chi connectivity index (χ0v) is 17.5. The quantitative estimate of drug-likeness (QED) is 0.524. The van der Waals surface area contributed by atoms with Gasteiger partial charge in [-0.05, 0) is 49.2 Å². The topological polar surface area (TPSA) is 68.9 Å². The Kier molecular flexibility index (Phi) is 6.00. The molecule has 180 valence electrons. The average Bonchev–Trinajstić information content (AvgIpc) is 3.56. The minimum Gasteiger partial charge on any atom is -0.350 e. The molecule has 0 radical (unpaired) electrons. The molecule has 3 aromatic rings. The molecule has 34 heavy (non-hydrogen) atoms. The smallest absolute Gasteiger partial charge is 0.350 e. The second-order valence-corrected chi connectivity index (χ2v) is 7.84. The second kappa shape index (κ2) is 8.65. The number of carbonyl (C=O) groups is 1. The van der Waals surface area contributed by atoms with Gasteiger partial charge in [0, 0.05) is 23.7 Å². The van der Waals surface area contributed by atoms with Gasteiger partial charge < -0.3 is 5.32 Å². The predicted molar refractivity (Wildman–Crippen MR) is 109 cm³/mol. The number of amides is 1. The Balaban J connectivity index is 1.49. The largest absolute Gasteiger partial charge is 0.416 e. The van der Waals surface area contributed by atoms with E-state index in [2.05, 4.69) is 10.4 Å². The van der Waals surface area contributed by atoms with E-state index in [0.717, 1.165) is 41.1 Å². The molecule has 0 bridgehead atoms. The molecule has 2 aromatic carbocycles. The third-order valence-electron chi connectivity index (χ3n) is 5.31. The van der Waals surface area contributed by atoms with Gasteiger partial charge in [-0.2, -0.15) is 26.3 Å². The van der Waals surface area contributed by atoms with Gasteiger partial charge in [0.2, 0.25) is 0 Å². The van der Waals surface area contributed by atoms with Gasteiger partial charge in [-0.15, -0.1) is 5.10 Å². The number of rotatable bonds is 6. The molecule has 0 unspecified atom stereocenters. The summed E-state index contributed by atoms with van der Waals surface area (Å²) in [6, 6.07) is 8.03. The summed E-state index contributed by atoms with van der Waals surface area (Å²) in [4.78, 5) is 25.0. The highest BCUT2D eigenvalue weighted by Gasteiger charge is 2.33. The third kappa shape index (κ3) is 5.00. The molecule has 1 N–H and O–H groups in total. The van der Waals surface area contributed by atoms with Crippen molar-refractivity contribution in [1.82, 2.24) is 19.7 Å². The highest BCUT2D eigenvalue weighted by molar-refractivity contribution is 5.94. The monoisotopic (exact) mass is 484 g/mol. The maximum atomic E-state index is 13.1. The number of carbonyl (C=O) groups excluding carboxylic acids is 1. The van der Waals surface area contributed by atoms with Crippen LogP contribution >= 0.6 is 0 Å². The van der Waals surface area contributed by atoms with E-state index in [-0.39, 0.29) is 36.1 Å². The van der Waals surface area contributed by atoms with Gasteiger partial charge in [0.05, 0.1) is 17.7 Å². The fraction of sp³-hybridized carbons (Fsp3) is 0.318. The van der Waals surface area contributed by atoms with Gasteiger partial charge in [0.15, 0.2) is 5.82 Å². The first-order chi connectivity index (χ1) is 15.9. The Morgan fingerprint density at radius 1 is 0.971 bits per heavy atom. The van der Waals surface area contributed by atoms with Gasteiger partial charge in [-0.1, -0.05) is 12.1 Å². The van der Waals surface area contributed by atoms with Crippen molar-refractivity contribution in [2.45, 2.75) is 37.8 Å². The summed E-state index contributed by atoms with van der Waals surface area (Å²) in [5.41, 5.74) is -2.11. The molecule has 6 nitrogen and oxygen atoms in total. The molecule has 1 amide bonds. The van der Waals surface area contributed by atoms with Gasteiger partial charge in [0.1, 0.15) is 0 Å². The first kappa shape index (κ1) is 23.6. The standard InChI is InChI=1S/C22H18F6N4O2/c23-21(24,25)15-6-4-13(5-7-15)19(33)29-10-11-31-20(34)32(17-8-9-17)18(30-31)14-2-1-3-16(12-14)22(26,27)28/h1-7,12,17H,8-11H2,(H,29,33). The summed E-state index contributed by atoms with van der Waals surface area (Å²) in [6.45, 7) is -0.139. The van der Waals surface area contributed by atoms with Gasteiger partial charge in [-0.25, -0.2) is 9.48 Å². The molecular weight excluding hydrogens is 466 g/mol. The summed E-state index contributed by atoms with van der Waals surface area (Å²) in [5.74, 6) is -0.533. The highest BCUT2D eigenvalue weighted by atomic mass is 19.4. The molecule has 4 rings (SSSR count). The van der Waals surface area contributed by atoms with Crippen molar-refractivity contribution in [1.29, 1.82) is 0 Å². The lowest BCUT2D eigenvalue weighted by Crippen LogP contribution is -2.32. The molecule has 1 heterocycles. The fourth-order valence-electron chi connectivity index (χ4n) is 3.45. The Labute approximate surface area is 188 Å². The Morgan fingerprint density at radius 3 is 2.21 bits per heavy atom. The lowest BCUT2D eigenvalue weighted by Gasteiger charge is -2.09. The first-order valence-corrected chi connectivity index (χ1v) is 10.3. The van der Waals surface area contributed by atoms with Crippen LogP contribution in [0.4, 0.5) is 26.3 Å². The molecule has 1 aromatic heterocycles. The number of hydrogen-bond donors (Lipinski definition) is 1. The summed E-state index contributed by atoms with van der Waals surface area (Å²) in [7, 11) is 0. The lowest BCUT2D eigenvalue weighted by atomic mass is 10.1. The van der Waals surface area contributed by atoms with Crippen LogP contribution in [0.5, 0.6) is 0 Å². The number of benzene rings is 2. The highest BCUT2D eigenvalue weighted by Crippen LogP contribution is 2.37. The van der Waals surface area contributed by atoms with Crippen LogP contribution in [0, 0.1) is 0 Å². The number of nitrogens with one attached hydrogen (secondary N) is 1. The van der Waals surface area contributed by atoms with Gasteiger partial charge in [-0.3, -0.25) is 9.36 Å². The fourth-order valence-corrected chi connectivity index (χ4v) is 3.45. The van der Waals surface area contributed by atoms with Crippen molar-refractivity contribution in [2.24, 2.45) is 0 Å². The first-order valence-electron chi connectivity index (χ1n) is 10.3. The van der Waals surface area contributed by atoms with E-state index in [0.29, 0.717) is 12.8 Å². The van der Waals surface area contributed by atoms with Crippen molar-refractivity contribution in [3.63, 3.8) is 0 Å². The van der Waals surface area contributed by atoms with Crippen LogP contribution in [0.1, 0.15) is 40.4 Å². The van der Waals surface area contributed by atoms with E-state index in [1.165, 1.54) is 16.7 Å². The van der Waals surface area contributed by atoms with Crippen molar-refractivity contribution in [2.75, 3.05) is 6.54 Å². The number of halogens is 6. The van der Waals surface area contributed by atoms with Crippen LogP contribution in [0.15, 0.2) is 53.3 Å². The van der Waals surface area contributed by atoms with E-state index < -0.39 is 35.1 Å². The summed E-state index contributed by atoms with van der Waals surface area (Å²) >= 11 is 0. The molecule has 1 fully saturated rings. The molecular formula is C22H18F6N4O2.